The van der Waals surface area contributed by atoms with E-state index in [0.717, 1.165) is 28.6 Å². The van der Waals surface area contributed by atoms with Crippen molar-refractivity contribution in [2.75, 3.05) is 25.1 Å². The Kier molecular flexibility index (Phi) is 5.65. The summed E-state index contributed by atoms with van der Waals surface area (Å²) in [6.07, 6.45) is 3.95. The summed E-state index contributed by atoms with van der Waals surface area (Å²) in [5.74, 6) is 0.214. The Morgan fingerprint density at radius 2 is 1.90 bits per heavy atom. The van der Waals surface area contributed by atoms with Crippen molar-refractivity contribution in [2.45, 2.75) is 24.7 Å². The van der Waals surface area contributed by atoms with Gasteiger partial charge in [0.2, 0.25) is 0 Å². The smallest absolute Gasteiger partial charge is 0.312 e. The molecule has 1 aliphatic heterocycles. The topological polar surface area (TPSA) is 131 Å². The van der Waals surface area contributed by atoms with Crippen LogP contribution in [0.5, 0.6) is 0 Å². The van der Waals surface area contributed by atoms with Crippen molar-refractivity contribution in [1.29, 1.82) is 0 Å². The molecule has 1 fully saturated rings. The van der Waals surface area contributed by atoms with E-state index in [-0.39, 0.29) is 34.4 Å². The van der Waals surface area contributed by atoms with Gasteiger partial charge >= 0.3 is 5.69 Å². The zero-order chi connectivity index (χ0) is 22.2. The quantitative estimate of drug-likeness (QED) is 0.437. The Balaban J connectivity index is 1.76. The number of hydrogen-bond acceptors (Lipinski definition) is 8. The maximum Gasteiger partial charge on any atom is 0.312 e. The van der Waals surface area contributed by atoms with Gasteiger partial charge in [-0.1, -0.05) is 17.7 Å². The molecule has 4 rings (SSSR count). The van der Waals surface area contributed by atoms with Crippen LogP contribution in [-0.2, 0) is 10.0 Å². The first kappa shape index (κ1) is 21.2. The predicted molar refractivity (Wildman–Crippen MR) is 115 cm³/mol. The van der Waals surface area contributed by atoms with Crippen LogP contribution >= 0.6 is 0 Å². The number of rotatable bonds is 6. The van der Waals surface area contributed by atoms with Gasteiger partial charge in [-0.05, 0) is 43.9 Å². The summed E-state index contributed by atoms with van der Waals surface area (Å²) in [5, 5.41) is 23.1. The first-order valence-electron chi connectivity index (χ1n) is 9.90. The Hall–Kier alpha value is -3.02. The maximum absolute atomic E-state index is 13.1. The van der Waals surface area contributed by atoms with E-state index in [9.17, 15) is 23.6 Å². The molecule has 0 bridgehead atoms. The first-order valence-corrected chi connectivity index (χ1v) is 11.3. The lowest BCUT2D eigenvalue weighted by molar-refractivity contribution is -0.384. The fourth-order valence-corrected chi connectivity index (χ4v) is 5.01. The fourth-order valence-electron chi connectivity index (χ4n) is 3.71. The number of aromatic nitrogens is 2. The molecule has 3 aromatic rings. The molecule has 0 unspecified atom stereocenters. The highest BCUT2D eigenvalue weighted by Gasteiger charge is 2.27. The van der Waals surface area contributed by atoms with Crippen LogP contribution in [0, 0.1) is 23.0 Å². The number of pyridine rings is 1. The first-order chi connectivity index (χ1) is 14.8. The molecule has 1 aromatic carbocycles. The van der Waals surface area contributed by atoms with Crippen LogP contribution in [0.3, 0.4) is 0 Å². The number of aryl methyl sites for hydroxylation is 1. The number of nitrogens with zero attached hydrogens (tertiary/aromatic N) is 4. The highest BCUT2D eigenvalue weighted by Crippen LogP contribution is 2.34. The van der Waals surface area contributed by atoms with Gasteiger partial charge < -0.3 is 10.5 Å². The second-order valence-electron chi connectivity index (χ2n) is 7.67. The SMILES string of the molecule is Cc1ccc(S(=O)(=O)n2ccc3c(NN4CCC(CO)CC4)c([N+](=O)[O-])cnc32)cc1. The van der Waals surface area contributed by atoms with Gasteiger partial charge in [-0.3, -0.25) is 10.1 Å². The highest BCUT2D eigenvalue weighted by molar-refractivity contribution is 7.90. The van der Waals surface area contributed by atoms with E-state index in [1.54, 1.807) is 12.1 Å². The van der Waals surface area contributed by atoms with Crippen LogP contribution in [0.4, 0.5) is 11.4 Å². The molecular formula is C20H23N5O5S. The molecule has 0 spiro atoms. The zero-order valence-electron chi connectivity index (χ0n) is 16.9. The van der Waals surface area contributed by atoms with Crippen molar-refractivity contribution in [1.82, 2.24) is 14.0 Å². The second kappa shape index (κ2) is 8.25. The summed E-state index contributed by atoms with van der Waals surface area (Å²) in [7, 11) is -3.92. The van der Waals surface area contributed by atoms with Gasteiger partial charge in [-0.15, -0.1) is 0 Å². The summed E-state index contributed by atoms with van der Waals surface area (Å²) in [4.78, 5) is 15.3. The predicted octanol–water partition coefficient (Wildman–Crippen LogP) is 2.52. The fraction of sp³-hybridized carbons (Fsp3) is 0.350. The van der Waals surface area contributed by atoms with Crippen LogP contribution in [0.25, 0.3) is 11.0 Å². The molecular weight excluding hydrogens is 422 g/mol. The van der Waals surface area contributed by atoms with E-state index >= 15 is 0 Å². The molecule has 2 aromatic heterocycles. The number of aliphatic hydroxyl groups excluding tert-OH is 1. The van der Waals surface area contributed by atoms with Gasteiger partial charge in [0.05, 0.1) is 15.2 Å². The molecule has 1 saturated heterocycles. The number of fused-ring (bicyclic) bond motifs is 1. The molecule has 3 heterocycles. The lowest BCUT2D eigenvalue weighted by Gasteiger charge is -2.31. The molecule has 0 aliphatic carbocycles. The summed E-state index contributed by atoms with van der Waals surface area (Å²) in [5.41, 5.74) is 4.10. The normalized spacial score (nSPS) is 15.9. The number of aliphatic hydroxyl groups is 1. The highest BCUT2D eigenvalue weighted by atomic mass is 32.2. The lowest BCUT2D eigenvalue weighted by atomic mass is 9.99. The van der Waals surface area contributed by atoms with Crippen molar-refractivity contribution < 1.29 is 18.4 Å². The van der Waals surface area contributed by atoms with Gasteiger partial charge in [-0.2, -0.15) is 0 Å². The van der Waals surface area contributed by atoms with Crippen molar-refractivity contribution in [3.63, 3.8) is 0 Å². The van der Waals surface area contributed by atoms with Gasteiger partial charge in [0.15, 0.2) is 5.65 Å². The average Bonchev–Trinajstić information content (AvgIpc) is 3.20. The molecule has 0 atom stereocenters. The van der Waals surface area contributed by atoms with E-state index in [2.05, 4.69) is 10.4 Å². The number of hydrazine groups is 1. The van der Waals surface area contributed by atoms with E-state index in [1.165, 1.54) is 24.4 Å². The lowest BCUT2D eigenvalue weighted by Crippen LogP contribution is -2.38. The third-order valence-corrected chi connectivity index (χ3v) is 7.26. The number of hydrogen-bond donors (Lipinski definition) is 2. The number of anilines is 1. The summed E-state index contributed by atoms with van der Waals surface area (Å²) >= 11 is 0. The second-order valence-corrected chi connectivity index (χ2v) is 9.48. The number of benzene rings is 1. The molecule has 11 heteroatoms. The summed E-state index contributed by atoms with van der Waals surface area (Å²) in [6, 6.07) is 7.97. The van der Waals surface area contributed by atoms with E-state index in [0.29, 0.717) is 18.5 Å². The Morgan fingerprint density at radius 1 is 1.23 bits per heavy atom. The number of piperidine rings is 1. The average molecular weight is 446 g/mol. The van der Waals surface area contributed by atoms with Gasteiger partial charge in [-0.25, -0.2) is 22.4 Å². The third kappa shape index (κ3) is 3.99. The minimum absolute atomic E-state index is 0.108. The van der Waals surface area contributed by atoms with Crippen LogP contribution in [-0.4, -0.2) is 52.1 Å². The molecule has 31 heavy (non-hydrogen) atoms. The van der Waals surface area contributed by atoms with Crippen molar-refractivity contribution in [2.24, 2.45) is 5.92 Å². The monoisotopic (exact) mass is 445 g/mol. The van der Waals surface area contributed by atoms with Crippen molar-refractivity contribution >= 4 is 32.4 Å². The Labute approximate surface area is 179 Å². The Morgan fingerprint density at radius 3 is 2.52 bits per heavy atom. The molecule has 0 saturated carbocycles. The molecule has 164 valence electrons. The number of nitro groups is 1. The minimum atomic E-state index is -3.92. The summed E-state index contributed by atoms with van der Waals surface area (Å²) in [6.45, 7) is 3.19. The molecule has 0 amide bonds. The molecule has 0 radical (unpaired) electrons. The molecule has 1 aliphatic rings. The third-order valence-electron chi connectivity index (χ3n) is 5.58. The van der Waals surface area contributed by atoms with Crippen LogP contribution in [0.15, 0.2) is 47.6 Å². The maximum atomic E-state index is 13.1. The van der Waals surface area contributed by atoms with Crippen molar-refractivity contribution in [3.05, 3.63) is 58.4 Å². The van der Waals surface area contributed by atoms with Gasteiger partial charge in [0.25, 0.3) is 10.0 Å². The Bertz CT molecular complexity index is 1210. The summed E-state index contributed by atoms with van der Waals surface area (Å²) < 4.78 is 27.3. The van der Waals surface area contributed by atoms with E-state index in [4.69, 9.17) is 0 Å². The van der Waals surface area contributed by atoms with Crippen molar-refractivity contribution in [3.8, 4) is 0 Å². The van der Waals surface area contributed by atoms with Gasteiger partial charge in [0.1, 0.15) is 11.9 Å². The van der Waals surface area contributed by atoms with E-state index in [1.807, 2.05) is 11.9 Å². The minimum Gasteiger partial charge on any atom is -0.396 e. The van der Waals surface area contributed by atoms with E-state index < -0.39 is 14.9 Å². The van der Waals surface area contributed by atoms with Crippen LogP contribution in [0.2, 0.25) is 0 Å². The molecule has 2 N–H and O–H groups in total. The standard InChI is InChI=1S/C20H23N5O5S/c1-14-2-4-16(5-3-14)31(29,30)24-11-8-17-19(18(25(27)28)12-21-20(17)24)22-23-9-6-15(13-26)7-10-23/h2-5,8,11-12,15,26H,6-7,9-10,13H2,1H3,(H,21,22). The van der Waals surface area contributed by atoms with Crippen LogP contribution in [0.1, 0.15) is 18.4 Å². The van der Waals surface area contributed by atoms with Gasteiger partial charge in [0, 0.05) is 25.9 Å². The molecule has 10 nitrogen and oxygen atoms in total. The van der Waals surface area contributed by atoms with Crippen LogP contribution < -0.4 is 5.43 Å². The zero-order valence-corrected chi connectivity index (χ0v) is 17.7. The number of nitrogens with one attached hydrogen (secondary N) is 1. The largest absolute Gasteiger partial charge is 0.396 e.